The quantitative estimate of drug-likeness (QED) is 0.0958. The molecule has 2 fully saturated rings. The van der Waals surface area contributed by atoms with Crippen LogP contribution in [0.25, 0.3) is 33.1 Å². The third-order valence-corrected chi connectivity index (χ3v) is 11.2. The average Bonchev–Trinajstić information content (AvgIpc) is 3.69. The first-order valence-electron chi connectivity index (χ1n) is 19.6. The predicted octanol–water partition coefficient (Wildman–Crippen LogP) is 6.93. The van der Waals surface area contributed by atoms with Gasteiger partial charge in [-0.2, -0.15) is 5.10 Å². The Balaban J connectivity index is 0.755. The summed E-state index contributed by atoms with van der Waals surface area (Å²) in [5, 5.41) is 9.34. The number of fused-ring (bicyclic) bond motifs is 2. The molecule has 0 radical (unpaired) electrons. The van der Waals surface area contributed by atoms with E-state index in [1.54, 1.807) is 4.68 Å². The fraction of sp³-hybridized carbons (Fsp3) is 0.356. The summed E-state index contributed by atoms with van der Waals surface area (Å²) in [5.74, 6) is 0.760. The van der Waals surface area contributed by atoms with Crippen molar-refractivity contribution in [3.05, 3.63) is 114 Å². The van der Waals surface area contributed by atoms with Crippen molar-refractivity contribution in [3.63, 3.8) is 0 Å². The van der Waals surface area contributed by atoms with Gasteiger partial charge in [0.2, 0.25) is 11.8 Å². The second-order valence-electron chi connectivity index (χ2n) is 14.8. The maximum Gasteiger partial charge on any atom is 0.235 e. The average molecular weight is 739 g/mol. The van der Waals surface area contributed by atoms with E-state index in [0.29, 0.717) is 31.7 Å². The first-order chi connectivity index (χ1) is 26.9. The Labute approximate surface area is 322 Å². The van der Waals surface area contributed by atoms with Crippen LogP contribution in [0.4, 0.5) is 0 Å². The number of piperazine rings is 1. The molecule has 1 unspecified atom stereocenters. The number of hydrogen-bond acceptors (Lipinski definition) is 7. The van der Waals surface area contributed by atoms with Gasteiger partial charge in [0.1, 0.15) is 23.6 Å². The minimum absolute atomic E-state index is 0.221. The molecule has 1 atom stereocenters. The van der Waals surface area contributed by atoms with Crippen LogP contribution in [0.15, 0.2) is 97.1 Å². The number of aromatic nitrogens is 3. The number of para-hydroxylation sites is 2. The van der Waals surface area contributed by atoms with Gasteiger partial charge in [-0.05, 0) is 73.7 Å². The van der Waals surface area contributed by atoms with Crippen LogP contribution < -0.4 is 14.8 Å². The van der Waals surface area contributed by atoms with Gasteiger partial charge in [0, 0.05) is 69.0 Å². The predicted molar refractivity (Wildman–Crippen MR) is 217 cm³/mol. The molecule has 10 heteroatoms. The molecule has 1 N–H and O–H groups in total. The molecule has 6 aromatic rings. The van der Waals surface area contributed by atoms with Gasteiger partial charge in [-0.3, -0.25) is 24.5 Å². The Morgan fingerprint density at radius 1 is 0.764 bits per heavy atom. The molecule has 0 aliphatic carbocycles. The summed E-state index contributed by atoms with van der Waals surface area (Å²) in [7, 11) is 1.88. The SMILES string of the molecule is Cc1c(-c2ccccc2)n(Cc2ccc(OCCCCN3CCN(CCOc4cccc5c(C6CCC(=O)NC6=O)nn(C)c45)CC3)cc2)c2ccccc12. The number of rotatable bonds is 14. The lowest BCUT2D eigenvalue weighted by atomic mass is 9.93. The van der Waals surface area contributed by atoms with E-state index in [1.807, 2.05) is 25.2 Å². The summed E-state index contributed by atoms with van der Waals surface area (Å²) in [5.41, 5.74) is 7.92. The standard InChI is InChI=1S/C45H50N6O4/c1-32-36-13-6-7-15-39(36)51(43(32)34-11-4-3-5-12-34)31-33-17-19-35(20-18-33)54-29-9-8-23-49-24-26-50(27-25-49)28-30-55-40-16-10-14-37-42(47-48(2)44(37)40)38-21-22-41(52)46-45(38)53/h3-7,10-20,38H,8-9,21-31H2,1-2H3,(H,46,52,53). The molecular formula is C45H50N6O4. The first kappa shape index (κ1) is 36.5. The molecule has 0 bridgehead atoms. The molecule has 2 saturated heterocycles. The Morgan fingerprint density at radius 3 is 2.27 bits per heavy atom. The lowest BCUT2D eigenvalue weighted by Gasteiger charge is -2.34. The van der Waals surface area contributed by atoms with Crippen molar-refractivity contribution in [2.75, 3.05) is 52.5 Å². The van der Waals surface area contributed by atoms with Crippen LogP contribution in [0.5, 0.6) is 11.5 Å². The van der Waals surface area contributed by atoms with E-state index in [4.69, 9.17) is 9.47 Å². The van der Waals surface area contributed by atoms with Gasteiger partial charge in [0.25, 0.3) is 0 Å². The monoisotopic (exact) mass is 738 g/mol. The van der Waals surface area contributed by atoms with Crippen molar-refractivity contribution in [1.29, 1.82) is 0 Å². The molecule has 2 aromatic heterocycles. The topological polar surface area (TPSA) is 93.9 Å². The van der Waals surface area contributed by atoms with Crippen molar-refractivity contribution in [2.24, 2.45) is 7.05 Å². The molecule has 4 aromatic carbocycles. The minimum Gasteiger partial charge on any atom is -0.494 e. The molecule has 0 saturated carbocycles. The molecule has 2 aliphatic heterocycles. The van der Waals surface area contributed by atoms with Crippen LogP contribution in [-0.2, 0) is 23.2 Å². The summed E-state index contributed by atoms with van der Waals surface area (Å²) < 4.78 is 16.7. The lowest BCUT2D eigenvalue weighted by Crippen LogP contribution is -2.47. The van der Waals surface area contributed by atoms with Crippen molar-refractivity contribution in [2.45, 2.75) is 45.1 Å². The molecule has 2 amide bonds. The molecule has 4 heterocycles. The van der Waals surface area contributed by atoms with E-state index < -0.39 is 5.92 Å². The van der Waals surface area contributed by atoms with Gasteiger partial charge in [-0.25, -0.2) is 0 Å². The van der Waals surface area contributed by atoms with Crippen molar-refractivity contribution >= 4 is 33.6 Å². The highest BCUT2D eigenvalue weighted by Gasteiger charge is 2.32. The fourth-order valence-electron chi connectivity index (χ4n) is 8.29. The van der Waals surface area contributed by atoms with E-state index in [9.17, 15) is 9.59 Å². The number of unbranched alkanes of at least 4 members (excludes halogenated alkanes) is 1. The number of ether oxygens (including phenoxy) is 2. The molecular weight excluding hydrogens is 689 g/mol. The smallest absolute Gasteiger partial charge is 0.235 e. The highest BCUT2D eigenvalue weighted by atomic mass is 16.5. The van der Waals surface area contributed by atoms with Crippen LogP contribution in [0.3, 0.4) is 0 Å². The summed E-state index contributed by atoms with van der Waals surface area (Å²) in [4.78, 5) is 29.2. The number of carbonyl (C=O) groups is 2. The molecule has 0 spiro atoms. The van der Waals surface area contributed by atoms with Crippen LogP contribution in [0.1, 0.15) is 48.4 Å². The highest BCUT2D eigenvalue weighted by molar-refractivity contribution is 6.03. The van der Waals surface area contributed by atoms with Crippen molar-refractivity contribution < 1.29 is 19.1 Å². The number of imide groups is 1. The van der Waals surface area contributed by atoms with E-state index in [2.05, 4.69) is 111 Å². The number of piperidine rings is 1. The van der Waals surface area contributed by atoms with Gasteiger partial charge in [-0.1, -0.05) is 72.8 Å². The number of carbonyl (C=O) groups excluding carboxylic acids is 2. The van der Waals surface area contributed by atoms with E-state index in [-0.39, 0.29) is 11.8 Å². The summed E-state index contributed by atoms with van der Waals surface area (Å²) >= 11 is 0. The Morgan fingerprint density at radius 2 is 1.49 bits per heavy atom. The third-order valence-electron chi connectivity index (χ3n) is 11.2. The number of aryl methyl sites for hydroxylation is 2. The normalized spacial score (nSPS) is 16.9. The Kier molecular flexibility index (Phi) is 11.0. The second kappa shape index (κ2) is 16.5. The minimum atomic E-state index is -0.430. The fourth-order valence-corrected chi connectivity index (χ4v) is 8.29. The van der Waals surface area contributed by atoms with Crippen molar-refractivity contribution in [3.8, 4) is 22.8 Å². The van der Waals surface area contributed by atoms with Crippen molar-refractivity contribution in [1.82, 2.24) is 29.5 Å². The third kappa shape index (κ3) is 8.02. The number of amides is 2. The van der Waals surface area contributed by atoms with Crippen LogP contribution in [-0.4, -0.2) is 88.4 Å². The number of hydrogen-bond donors (Lipinski definition) is 1. The van der Waals surface area contributed by atoms with E-state index in [0.717, 1.165) is 81.1 Å². The van der Waals surface area contributed by atoms with Crippen LogP contribution >= 0.6 is 0 Å². The van der Waals surface area contributed by atoms with Gasteiger partial charge < -0.3 is 18.9 Å². The van der Waals surface area contributed by atoms with E-state index >= 15 is 0 Å². The van der Waals surface area contributed by atoms with Crippen LogP contribution in [0, 0.1) is 6.92 Å². The largest absolute Gasteiger partial charge is 0.494 e. The molecule has 55 heavy (non-hydrogen) atoms. The van der Waals surface area contributed by atoms with Crippen LogP contribution in [0.2, 0.25) is 0 Å². The maximum atomic E-state index is 12.5. The maximum absolute atomic E-state index is 12.5. The summed E-state index contributed by atoms with van der Waals surface area (Å²) in [6, 6.07) is 33.9. The lowest BCUT2D eigenvalue weighted by molar-refractivity contribution is -0.134. The zero-order chi connectivity index (χ0) is 37.7. The summed E-state index contributed by atoms with van der Waals surface area (Å²) in [6.07, 6.45) is 2.93. The molecule has 2 aliphatic rings. The van der Waals surface area contributed by atoms with Gasteiger partial charge in [-0.15, -0.1) is 0 Å². The van der Waals surface area contributed by atoms with E-state index in [1.165, 1.54) is 33.3 Å². The Hall–Kier alpha value is -5.45. The van der Waals surface area contributed by atoms with Gasteiger partial charge in [0.05, 0.1) is 23.9 Å². The highest BCUT2D eigenvalue weighted by Crippen LogP contribution is 2.35. The zero-order valence-corrected chi connectivity index (χ0v) is 31.9. The number of benzene rings is 4. The van der Waals surface area contributed by atoms with Gasteiger partial charge >= 0.3 is 0 Å². The zero-order valence-electron chi connectivity index (χ0n) is 31.9. The Bertz CT molecular complexity index is 2270. The number of nitrogens with zero attached hydrogens (tertiary/aromatic N) is 5. The molecule has 10 nitrogen and oxygen atoms in total. The first-order valence-corrected chi connectivity index (χ1v) is 19.6. The second-order valence-corrected chi connectivity index (χ2v) is 14.8. The molecule has 8 rings (SSSR count). The molecule has 284 valence electrons. The summed E-state index contributed by atoms with van der Waals surface area (Å²) in [6.45, 7) is 10.4. The van der Waals surface area contributed by atoms with Gasteiger partial charge in [0.15, 0.2) is 0 Å². The number of nitrogens with one attached hydrogen (secondary N) is 1.